The Morgan fingerprint density at radius 1 is 1.03 bits per heavy atom. The molecule has 0 radical (unpaired) electrons. The first-order valence-corrected chi connectivity index (χ1v) is 10.2. The molecule has 7 heteroatoms. The molecule has 0 fully saturated rings. The fraction of sp³-hybridized carbons (Fsp3) is 0.174. The first-order valence-electron chi connectivity index (χ1n) is 9.81. The average Bonchev–Trinajstić information content (AvgIpc) is 3.41. The van der Waals surface area contributed by atoms with Gasteiger partial charge >= 0.3 is 0 Å². The normalized spacial score (nSPS) is 14.0. The molecule has 3 heterocycles. The lowest BCUT2D eigenvalue weighted by atomic mass is 10.00. The summed E-state index contributed by atoms with van der Waals surface area (Å²) in [6.07, 6.45) is 4.93. The van der Waals surface area contributed by atoms with Gasteiger partial charge in [0.1, 0.15) is 17.2 Å². The van der Waals surface area contributed by atoms with Crippen molar-refractivity contribution in [2.75, 3.05) is 6.54 Å². The number of nitrogens with zero attached hydrogens (tertiary/aromatic N) is 3. The Hall–Kier alpha value is -3.22. The molecule has 152 valence electrons. The average molecular weight is 421 g/mol. The van der Waals surface area contributed by atoms with Crippen molar-refractivity contribution in [3.8, 4) is 28.4 Å². The van der Waals surface area contributed by atoms with Gasteiger partial charge in [-0.3, -0.25) is 10.00 Å². The smallest absolute Gasteiger partial charge is 0.137 e. The molecule has 0 saturated heterocycles. The third-order valence-corrected chi connectivity index (χ3v) is 5.88. The van der Waals surface area contributed by atoms with Gasteiger partial charge in [-0.2, -0.15) is 5.10 Å². The van der Waals surface area contributed by atoms with Gasteiger partial charge in [0.15, 0.2) is 0 Å². The number of phenolic OH excluding ortho intramolecular Hbond substituents is 2. The third kappa shape index (κ3) is 3.44. The van der Waals surface area contributed by atoms with Crippen LogP contribution in [0.1, 0.15) is 16.8 Å². The van der Waals surface area contributed by atoms with Crippen LogP contribution in [0.15, 0.2) is 60.9 Å². The van der Waals surface area contributed by atoms with Crippen LogP contribution in [0, 0.1) is 0 Å². The summed E-state index contributed by atoms with van der Waals surface area (Å²) in [5.41, 5.74) is 5.72. The van der Waals surface area contributed by atoms with Crippen LogP contribution in [-0.2, 0) is 19.5 Å². The van der Waals surface area contributed by atoms with Crippen molar-refractivity contribution in [2.24, 2.45) is 0 Å². The number of hydrogen-bond donors (Lipinski definition) is 3. The van der Waals surface area contributed by atoms with Crippen molar-refractivity contribution in [3.63, 3.8) is 0 Å². The van der Waals surface area contributed by atoms with E-state index in [-0.39, 0.29) is 16.5 Å². The zero-order valence-electron chi connectivity index (χ0n) is 16.2. The summed E-state index contributed by atoms with van der Waals surface area (Å²) >= 11 is 6.06. The molecule has 0 bridgehead atoms. The quantitative estimate of drug-likeness (QED) is 0.454. The second-order valence-corrected chi connectivity index (χ2v) is 7.97. The number of phenols is 2. The zero-order valence-corrected chi connectivity index (χ0v) is 17.0. The topological polar surface area (TPSA) is 77.3 Å². The first-order chi connectivity index (χ1) is 14.6. The fourth-order valence-electron chi connectivity index (χ4n) is 3.99. The highest BCUT2D eigenvalue weighted by molar-refractivity contribution is 6.32. The SMILES string of the molecule is Oc1cc(O)c(-c2n[nH]c3c2CN(Cc2ccc(-n4cccc4)cc2)CC3)cc1Cl. The second kappa shape index (κ2) is 7.55. The van der Waals surface area contributed by atoms with Crippen molar-refractivity contribution in [3.05, 3.63) is 82.8 Å². The van der Waals surface area contributed by atoms with Crippen LogP contribution in [0.3, 0.4) is 0 Å². The number of benzene rings is 2. The van der Waals surface area contributed by atoms with Crippen LogP contribution >= 0.6 is 11.6 Å². The van der Waals surface area contributed by atoms with Crippen molar-refractivity contribution in [1.82, 2.24) is 19.7 Å². The van der Waals surface area contributed by atoms with Crippen molar-refractivity contribution >= 4 is 11.6 Å². The number of halogens is 1. The standard InChI is InChI=1S/C23H21ClN4O2/c24-19-11-17(21(29)12-22(19)30)23-18-14-27(10-7-20(18)25-26-23)13-15-3-5-16(6-4-15)28-8-1-2-9-28/h1-6,8-9,11-12,29-30H,7,10,13-14H2,(H,25,26). The Bertz CT molecular complexity index is 1180. The Morgan fingerprint density at radius 3 is 2.57 bits per heavy atom. The summed E-state index contributed by atoms with van der Waals surface area (Å²) in [5.74, 6) is -0.184. The molecule has 0 spiro atoms. The van der Waals surface area contributed by atoms with Crippen molar-refractivity contribution < 1.29 is 10.2 Å². The van der Waals surface area contributed by atoms with Crippen LogP contribution in [0.2, 0.25) is 5.02 Å². The predicted octanol–water partition coefficient (Wildman–Crippen LogP) is 4.49. The molecular weight excluding hydrogens is 400 g/mol. The van der Waals surface area contributed by atoms with Gasteiger partial charge in [-0.05, 0) is 35.9 Å². The minimum Gasteiger partial charge on any atom is -0.507 e. The number of aromatic hydroxyl groups is 2. The summed E-state index contributed by atoms with van der Waals surface area (Å²) in [5, 5.41) is 27.7. The first kappa shape index (κ1) is 18.8. The Kier molecular flexibility index (Phi) is 4.73. The molecule has 1 aliphatic rings. The van der Waals surface area contributed by atoms with E-state index < -0.39 is 0 Å². The molecule has 30 heavy (non-hydrogen) atoms. The van der Waals surface area contributed by atoms with Gasteiger partial charge in [-0.25, -0.2) is 0 Å². The van der Waals surface area contributed by atoms with Gasteiger partial charge in [0, 0.05) is 67.0 Å². The van der Waals surface area contributed by atoms with Crippen molar-refractivity contribution in [2.45, 2.75) is 19.5 Å². The Labute approximate surface area is 179 Å². The van der Waals surface area contributed by atoms with Gasteiger partial charge < -0.3 is 14.8 Å². The van der Waals surface area contributed by atoms with Crippen LogP contribution < -0.4 is 0 Å². The lowest BCUT2D eigenvalue weighted by Gasteiger charge is -2.27. The second-order valence-electron chi connectivity index (χ2n) is 7.57. The highest BCUT2D eigenvalue weighted by atomic mass is 35.5. The minimum absolute atomic E-state index is 0.0380. The Morgan fingerprint density at radius 2 is 1.80 bits per heavy atom. The van der Waals surface area contributed by atoms with Gasteiger partial charge in [0.2, 0.25) is 0 Å². The van der Waals surface area contributed by atoms with E-state index in [0.717, 1.165) is 43.0 Å². The van der Waals surface area contributed by atoms with E-state index in [1.54, 1.807) is 6.07 Å². The zero-order chi connectivity index (χ0) is 20.7. The number of nitrogens with one attached hydrogen (secondary N) is 1. The van der Waals surface area contributed by atoms with E-state index >= 15 is 0 Å². The van der Waals surface area contributed by atoms with E-state index in [4.69, 9.17) is 11.6 Å². The summed E-state index contributed by atoms with van der Waals surface area (Å²) in [4.78, 5) is 2.37. The van der Waals surface area contributed by atoms with Gasteiger partial charge in [0.05, 0.1) is 5.02 Å². The minimum atomic E-state index is -0.146. The lowest BCUT2D eigenvalue weighted by molar-refractivity contribution is 0.245. The van der Waals surface area contributed by atoms with E-state index in [2.05, 4.69) is 43.9 Å². The number of rotatable bonds is 4. The fourth-order valence-corrected chi connectivity index (χ4v) is 4.15. The van der Waals surface area contributed by atoms with Crippen LogP contribution in [0.4, 0.5) is 0 Å². The molecule has 2 aromatic heterocycles. The Balaban J connectivity index is 1.37. The van der Waals surface area contributed by atoms with E-state index in [1.807, 2.05) is 24.5 Å². The molecule has 0 aliphatic carbocycles. The molecule has 0 atom stereocenters. The molecular formula is C23H21ClN4O2. The van der Waals surface area contributed by atoms with Gasteiger partial charge in [0.25, 0.3) is 0 Å². The molecule has 2 aromatic carbocycles. The number of fused-ring (bicyclic) bond motifs is 1. The summed E-state index contributed by atoms with van der Waals surface area (Å²) in [6, 6.07) is 15.4. The van der Waals surface area contributed by atoms with Gasteiger partial charge in [-0.1, -0.05) is 23.7 Å². The maximum atomic E-state index is 10.3. The largest absolute Gasteiger partial charge is 0.507 e. The molecule has 3 N–H and O–H groups in total. The summed E-state index contributed by atoms with van der Waals surface area (Å²) in [6.45, 7) is 2.48. The molecule has 0 amide bonds. The highest BCUT2D eigenvalue weighted by Gasteiger charge is 2.24. The molecule has 0 unspecified atom stereocenters. The maximum Gasteiger partial charge on any atom is 0.137 e. The molecule has 4 aromatic rings. The van der Waals surface area contributed by atoms with E-state index in [9.17, 15) is 10.2 Å². The molecule has 1 aliphatic heterocycles. The molecule has 0 saturated carbocycles. The number of aromatic amines is 1. The number of aromatic nitrogens is 3. The molecule has 5 rings (SSSR count). The van der Waals surface area contributed by atoms with Crippen molar-refractivity contribution in [1.29, 1.82) is 0 Å². The maximum absolute atomic E-state index is 10.3. The summed E-state index contributed by atoms with van der Waals surface area (Å²) in [7, 11) is 0. The van der Waals surface area contributed by atoms with E-state index in [1.165, 1.54) is 11.6 Å². The van der Waals surface area contributed by atoms with Crippen LogP contribution in [0.25, 0.3) is 16.9 Å². The monoisotopic (exact) mass is 420 g/mol. The van der Waals surface area contributed by atoms with Crippen LogP contribution in [-0.4, -0.2) is 36.4 Å². The lowest BCUT2D eigenvalue weighted by Crippen LogP contribution is -2.30. The van der Waals surface area contributed by atoms with E-state index in [0.29, 0.717) is 11.3 Å². The van der Waals surface area contributed by atoms with Gasteiger partial charge in [-0.15, -0.1) is 0 Å². The number of H-pyrrole nitrogens is 1. The third-order valence-electron chi connectivity index (χ3n) is 5.58. The number of hydrogen-bond acceptors (Lipinski definition) is 4. The highest BCUT2D eigenvalue weighted by Crippen LogP contribution is 2.39. The molecule has 6 nitrogen and oxygen atoms in total. The summed E-state index contributed by atoms with van der Waals surface area (Å²) < 4.78 is 2.09. The van der Waals surface area contributed by atoms with Crippen LogP contribution in [0.5, 0.6) is 11.5 Å². The predicted molar refractivity (Wildman–Crippen MR) is 116 cm³/mol.